The molecular formula is C25H33N3O5S. The van der Waals surface area contributed by atoms with Crippen molar-refractivity contribution < 1.29 is 22.7 Å². The third kappa shape index (κ3) is 5.82. The molecule has 4 rings (SSSR count). The zero-order valence-corrected chi connectivity index (χ0v) is 20.6. The Morgan fingerprint density at radius 1 is 0.912 bits per heavy atom. The number of piperidine rings is 1. The number of carbonyl (C=O) groups excluding carboxylic acids is 1. The maximum Gasteiger partial charge on any atom is 0.242 e. The smallest absolute Gasteiger partial charge is 0.242 e. The number of rotatable bonds is 7. The molecule has 0 unspecified atom stereocenters. The summed E-state index contributed by atoms with van der Waals surface area (Å²) in [5.41, 5.74) is 1.76. The summed E-state index contributed by atoms with van der Waals surface area (Å²) in [6, 6.07) is 11.3. The molecule has 0 spiro atoms. The highest BCUT2D eigenvalue weighted by Gasteiger charge is 2.29. The highest BCUT2D eigenvalue weighted by molar-refractivity contribution is 7.89. The summed E-state index contributed by atoms with van der Waals surface area (Å²) >= 11 is 0. The summed E-state index contributed by atoms with van der Waals surface area (Å²) in [5, 5.41) is 2.86. The first-order chi connectivity index (χ1) is 16.3. The van der Waals surface area contributed by atoms with E-state index in [0.717, 1.165) is 25.2 Å². The predicted octanol–water partition coefficient (Wildman–Crippen LogP) is 3.78. The van der Waals surface area contributed by atoms with E-state index in [2.05, 4.69) is 14.9 Å². The van der Waals surface area contributed by atoms with Gasteiger partial charge in [0.25, 0.3) is 0 Å². The fourth-order valence-corrected chi connectivity index (χ4v) is 5.52. The molecule has 9 heteroatoms. The number of ether oxygens (including phenoxy) is 2. The van der Waals surface area contributed by atoms with Gasteiger partial charge in [0.05, 0.1) is 18.1 Å². The minimum Gasteiger partial charge on any atom is -0.490 e. The van der Waals surface area contributed by atoms with Crippen molar-refractivity contribution in [2.45, 2.75) is 50.5 Å². The van der Waals surface area contributed by atoms with E-state index in [-0.39, 0.29) is 10.8 Å². The Kier molecular flexibility index (Phi) is 7.63. The van der Waals surface area contributed by atoms with Crippen molar-refractivity contribution in [2.75, 3.05) is 36.5 Å². The van der Waals surface area contributed by atoms with Gasteiger partial charge in [0.1, 0.15) is 6.04 Å². The maximum atomic E-state index is 13.1. The van der Waals surface area contributed by atoms with Gasteiger partial charge in [0.15, 0.2) is 11.5 Å². The van der Waals surface area contributed by atoms with Crippen molar-refractivity contribution in [2.24, 2.45) is 5.92 Å². The van der Waals surface area contributed by atoms with Crippen molar-refractivity contribution in [3.05, 3.63) is 42.5 Å². The molecule has 184 valence electrons. The molecule has 1 saturated heterocycles. The van der Waals surface area contributed by atoms with E-state index in [4.69, 9.17) is 9.47 Å². The Labute approximate surface area is 201 Å². The molecule has 0 aliphatic carbocycles. The third-order valence-corrected chi connectivity index (χ3v) is 7.56. The van der Waals surface area contributed by atoms with Gasteiger partial charge in [0.2, 0.25) is 15.9 Å². The van der Waals surface area contributed by atoms with Gasteiger partial charge in [-0.05, 0) is 61.6 Å². The molecule has 1 amide bonds. The molecule has 2 aromatic rings. The van der Waals surface area contributed by atoms with E-state index < -0.39 is 22.0 Å². The molecule has 2 aliphatic rings. The van der Waals surface area contributed by atoms with Crippen LogP contribution in [0.4, 0.5) is 11.4 Å². The van der Waals surface area contributed by atoms with E-state index in [0.29, 0.717) is 30.4 Å². The third-order valence-electron chi connectivity index (χ3n) is 6.12. The van der Waals surface area contributed by atoms with Crippen LogP contribution in [0.2, 0.25) is 0 Å². The molecule has 2 aliphatic heterocycles. The fourth-order valence-electron chi connectivity index (χ4n) is 4.17. The van der Waals surface area contributed by atoms with Crippen LogP contribution in [0.5, 0.6) is 11.5 Å². The second kappa shape index (κ2) is 10.7. The summed E-state index contributed by atoms with van der Waals surface area (Å²) in [7, 11) is -3.96. The van der Waals surface area contributed by atoms with Gasteiger partial charge in [-0.3, -0.25) is 4.79 Å². The number of nitrogens with zero attached hydrogens (tertiary/aromatic N) is 1. The van der Waals surface area contributed by atoms with E-state index >= 15 is 0 Å². The molecule has 0 radical (unpaired) electrons. The number of sulfonamides is 1. The predicted molar refractivity (Wildman–Crippen MR) is 132 cm³/mol. The maximum absolute atomic E-state index is 13.1. The normalized spacial score (nSPS) is 17.2. The number of nitrogens with one attached hydrogen (secondary N) is 2. The number of hydrogen-bond donors (Lipinski definition) is 2. The van der Waals surface area contributed by atoms with Crippen molar-refractivity contribution >= 4 is 27.3 Å². The summed E-state index contributed by atoms with van der Waals surface area (Å²) < 4.78 is 40.0. The Hall–Kier alpha value is -2.78. The van der Waals surface area contributed by atoms with E-state index in [9.17, 15) is 13.2 Å². The number of hydrogen-bond acceptors (Lipinski definition) is 6. The molecule has 8 nitrogen and oxygen atoms in total. The van der Waals surface area contributed by atoms with Crippen LogP contribution in [0.3, 0.4) is 0 Å². The second-order valence-electron chi connectivity index (χ2n) is 9.09. The lowest BCUT2D eigenvalue weighted by molar-refractivity contribution is -0.118. The monoisotopic (exact) mass is 487 g/mol. The van der Waals surface area contributed by atoms with Crippen molar-refractivity contribution in [3.63, 3.8) is 0 Å². The fraction of sp³-hybridized carbons (Fsp3) is 0.480. The Morgan fingerprint density at radius 2 is 1.59 bits per heavy atom. The van der Waals surface area contributed by atoms with Gasteiger partial charge >= 0.3 is 0 Å². The van der Waals surface area contributed by atoms with Crippen LogP contribution in [0, 0.1) is 5.92 Å². The van der Waals surface area contributed by atoms with Crippen LogP contribution in [0.1, 0.15) is 39.5 Å². The van der Waals surface area contributed by atoms with Crippen LogP contribution in [-0.2, 0) is 14.8 Å². The molecule has 34 heavy (non-hydrogen) atoms. The highest BCUT2D eigenvalue weighted by Crippen LogP contribution is 2.32. The average molecular weight is 488 g/mol. The van der Waals surface area contributed by atoms with Crippen molar-refractivity contribution in [3.8, 4) is 11.5 Å². The van der Waals surface area contributed by atoms with Crippen LogP contribution in [-0.4, -0.2) is 46.7 Å². The van der Waals surface area contributed by atoms with Crippen LogP contribution >= 0.6 is 0 Å². The molecule has 1 atom stereocenters. The topological polar surface area (TPSA) is 97.0 Å². The van der Waals surface area contributed by atoms with Crippen molar-refractivity contribution in [1.29, 1.82) is 0 Å². The SMILES string of the molecule is CC(C)[C@H](NS(=O)(=O)c1ccc2c(c1)OCCCO2)C(=O)Nc1ccc(N2CCCCC2)cc1. The van der Waals surface area contributed by atoms with Gasteiger partial charge < -0.3 is 19.7 Å². The molecule has 2 heterocycles. The highest BCUT2D eigenvalue weighted by atomic mass is 32.2. The largest absolute Gasteiger partial charge is 0.490 e. The van der Waals surface area contributed by atoms with E-state index in [1.807, 2.05) is 24.3 Å². The van der Waals surface area contributed by atoms with Gasteiger partial charge in [-0.1, -0.05) is 13.8 Å². The van der Waals surface area contributed by atoms with E-state index in [1.165, 1.54) is 31.4 Å². The first-order valence-electron chi connectivity index (χ1n) is 11.9. The number of carbonyl (C=O) groups is 1. The minimum absolute atomic E-state index is 0.0288. The second-order valence-corrected chi connectivity index (χ2v) is 10.8. The minimum atomic E-state index is -3.96. The van der Waals surface area contributed by atoms with Crippen LogP contribution < -0.4 is 24.4 Å². The average Bonchev–Trinajstić information content (AvgIpc) is 3.08. The number of benzene rings is 2. The molecule has 0 saturated carbocycles. The number of anilines is 2. The molecule has 0 aromatic heterocycles. The number of amides is 1. The standard InChI is InChI=1S/C25H33N3O5S/c1-18(2)24(25(29)26-19-7-9-20(10-8-19)28-13-4-3-5-14-28)27-34(30,31)21-11-12-22-23(17-21)33-16-6-15-32-22/h7-12,17-18,24,27H,3-6,13-16H2,1-2H3,(H,26,29)/t24-/m0/s1. The van der Waals surface area contributed by atoms with Gasteiger partial charge in [-0.25, -0.2) is 8.42 Å². The summed E-state index contributed by atoms with van der Waals surface area (Å²) in [6.07, 6.45) is 4.38. The van der Waals surface area contributed by atoms with Crippen LogP contribution in [0.25, 0.3) is 0 Å². The zero-order valence-electron chi connectivity index (χ0n) is 19.7. The Bertz CT molecular complexity index is 1100. The first-order valence-corrected chi connectivity index (χ1v) is 13.4. The zero-order chi connectivity index (χ0) is 24.1. The Balaban J connectivity index is 1.45. The van der Waals surface area contributed by atoms with Crippen molar-refractivity contribution in [1.82, 2.24) is 4.72 Å². The summed E-state index contributed by atoms with van der Waals surface area (Å²) in [5.74, 6) is 0.240. The van der Waals surface area contributed by atoms with Gasteiger partial charge in [-0.15, -0.1) is 0 Å². The molecule has 2 aromatic carbocycles. The first kappa shape index (κ1) is 24.3. The summed E-state index contributed by atoms with van der Waals surface area (Å²) in [4.78, 5) is 15.4. The quantitative estimate of drug-likeness (QED) is 0.617. The molecule has 0 bridgehead atoms. The van der Waals surface area contributed by atoms with E-state index in [1.54, 1.807) is 19.9 Å². The lowest BCUT2D eigenvalue weighted by atomic mass is 10.0. The molecular weight excluding hydrogens is 454 g/mol. The van der Waals surface area contributed by atoms with Gasteiger partial charge in [-0.2, -0.15) is 4.72 Å². The number of fused-ring (bicyclic) bond motifs is 1. The van der Waals surface area contributed by atoms with Crippen LogP contribution in [0.15, 0.2) is 47.4 Å². The lowest BCUT2D eigenvalue weighted by Gasteiger charge is -2.29. The lowest BCUT2D eigenvalue weighted by Crippen LogP contribution is -2.47. The summed E-state index contributed by atoms with van der Waals surface area (Å²) in [6.45, 7) is 6.68. The Morgan fingerprint density at radius 3 is 2.26 bits per heavy atom. The molecule has 2 N–H and O–H groups in total. The molecule has 1 fully saturated rings. The van der Waals surface area contributed by atoms with Gasteiger partial charge in [0, 0.05) is 37.0 Å².